The Morgan fingerprint density at radius 2 is 1.32 bits per heavy atom. The Labute approximate surface area is 135 Å². The van der Waals surface area contributed by atoms with Crippen LogP contribution < -0.4 is 5.32 Å². The van der Waals surface area contributed by atoms with E-state index in [1.54, 1.807) is 0 Å². The smallest absolute Gasteiger partial charge is 0.136 e. The molecular formula is C20H31NO. The van der Waals surface area contributed by atoms with Crippen molar-refractivity contribution in [2.75, 3.05) is 0 Å². The summed E-state index contributed by atoms with van der Waals surface area (Å²) in [5, 5.41) is 2.92. The monoisotopic (exact) mass is 301 g/mol. The molecular weight excluding hydrogens is 270 g/mol. The van der Waals surface area contributed by atoms with E-state index in [0.29, 0.717) is 11.7 Å². The minimum atomic E-state index is 0.450. The Balaban J connectivity index is 0.000000211. The number of ketones is 1. The van der Waals surface area contributed by atoms with Crippen molar-refractivity contribution in [3.05, 3.63) is 36.7 Å². The lowest BCUT2D eigenvalue weighted by Crippen LogP contribution is -2.22. The quantitative estimate of drug-likeness (QED) is 0.668. The van der Waals surface area contributed by atoms with Gasteiger partial charge in [0.25, 0.3) is 0 Å². The molecule has 1 unspecified atom stereocenters. The van der Waals surface area contributed by atoms with E-state index in [1.165, 1.54) is 57.8 Å². The molecule has 1 heterocycles. The summed E-state index contributed by atoms with van der Waals surface area (Å²) < 4.78 is 0. The molecule has 2 nitrogen and oxygen atoms in total. The van der Waals surface area contributed by atoms with E-state index in [0.717, 1.165) is 18.8 Å². The maximum atomic E-state index is 12.0. The highest BCUT2D eigenvalue weighted by molar-refractivity contribution is 5.81. The molecule has 0 bridgehead atoms. The number of rotatable bonds is 1. The predicted molar refractivity (Wildman–Crippen MR) is 93.3 cm³/mol. The van der Waals surface area contributed by atoms with Crippen LogP contribution in [0.1, 0.15) is 70.6 Å². The van der Waals surface area contributed by atoms with Crippen LogP contribution in [0.4, 0.5) is 0 Å². The highest BCUT2D eigenvalue weighted by Crippen LogP contribution is 2.34. The Kier molecular flexibility index (Phi) is 8.08. The third-order valence-corrected chi connectivity index (χ3v) is 5.04. The summed E-state index contributed by atoms with van der Waals surface area (Å²) in [5.41, 5.74) is 0. The Morgan fingerprint density at radius 1 is 0.727 bits per heavy atom. The lowest BCUT2D eigenvalue weighted by Gasteiger charge is -2.23. The number of hydrogen-bond acceptors (Lipinski definition) is 2. The highest BCUT2D eigenvalue weighted by atomic mass is 16.1. The molecule has 2 saturated carbocycles. The number of nitrogens with one attached hydrogen (secondary N) is 1. The van der Waals surface area contributed by atoms with Gasteiger partial charge in [-0.05, 0) is 43.8 Å². The molecule has 2 fully saturated rings. The van der Waals surface area contributed by atoms with E-state index in [1.807, 2.05) is 36.7 Å². The Hall–Kier alpha value is -1.31. The van der Waals surface area contributed by atoms with Gasteiger partial charge in [0.2, 0.25) is 0 Å². The van der Waals surface area contributed by atoms with E-state index < -0.39 is 0 Å². The molecule has 0 saturated heterocycles. The minimum absolute atomic E-state index is 0.450. The fraction of sp³-hybridized carbons (Fsp3) is 0.650. The largest absolute Gasteiger partial charge is 0.368 e. The van der Waals surface area contributed by atoms with Crippen LogP contribution >= 0.6 is 0 Å². The maximum Gasteiger partial charge on any atom is 0.136 e. The summed E-state index contributed by atoms with van der Waals surface area (Å²) in [4.78, 5) is 12.0. The lowest BCUT2D eigenvalue weighted by molar-refractivity contribution is -0.124. The molecule has 0 spiro atoms. The molecule has 0 radical (unpaired) electrons. The normalized spacial score (nSPS) is 26.2. The molecule has 1 N–H and O–H groups in total. The van der Waals surface area contributed by atoms with Crippen molar-refractivity contribution in [3.63, 3.8) is 0 Å². The molecule has 2 heteroatoms. The van der Waals surface area contributed by atoms with E-state index in [4.69, 9.17) is 0 Å². The molecule has 122 valence electrons. The van der Waals surface area contributed by atoms with Crippen molar-refractivity contribution in [2.45, 2.75) is 70.6 Å². The summed E-state index contributed by atoms with van der Waals surface area (Å²) in [6.07, 6.45) is 25.6. The van der Waals surface area contributed by atoms with Gasteiger partial charge in [-0.2, -0.15) is 0 Å². The Bertz CT molecular complexity index is 386. The first-order valence-electron chi connectivity index (χ1n) is 9.15. The minimum Gasteiger partial charge on any atom is -0.368 e. The highest BCUT2D eigenvalue weighted by Gasteiger charge is 2.29. The average molecular weight is 301 g/mol. The molecule has 3 rings (SSSR count). The van der Waals surface area contributed by atoms with Gasteiger partial charge in [-0.1, -0.05) is 50.7 Å². The summed E-state index contributed by atoms with van der Waals surface area (Å²) in [7, 11) is 0. The third-order valence-electron chi connectivity index (χ3n) is 5.04. The van der Waals surface area contributed by atoms with Gasteiger partial charge in [-0.3, -0.25) is 4.79 Å². The summed E-state index contributed by atoms with van der Waals surface area (Å²) >= 11 is 0. The van der Waals surface area contributed by atoms with Crippen LogP contribution in [0.2, 0.25) is 0 Å². The molecule has 2 aliphatic carbocycles. The van der Waals surface area contributed by atoms with Gasteiger partial charge in [0.15, 0.2) is 0 Å². The van der Waals surface area contributed by atoms with Crippen LogP contribution in [0.25, 0.3) is 0 Å². The first-order valence-corrected chi connectivity index (χ1v) is 9.15. The van der Waals surface area contributed by atoms with Crippen LogP contribution in [-0.2, 0) is 4.79 Å². The van der Waals surface area contributed by atoms with Gasteiger partial charge in [-0.15, -0.1) is 0 Å². The molecule has 0 aromatic rings. The molecule has 0 amide bonds. The van der Waals surface area contributed by atoms with Crippen LogP contribution in [0.15, 0.2) is 36.7 Å². The van der Waals surface area contributed by atoms with Gasteiger partial charge in [0.05, 0.1) is 0 Å². The number of carbonyl (C=O) groups is 1. The molecule has 1 aliphatic heterocycles. The number of allylic oxidation sites excluding steroid dienone is 4. The lowest BCUT2D eigenvalue weighted by atomic mass is 9.81. The summed E-state index contributed by atoms with van der Waals surface area (Å²) in [5.74, 6) is 1.79. The van der Waals surface area contributed by atoms with Crippen molar-refractivity contribution in [1.29, 1.82) is 0 Å². The molecule has 0 aromatic carbocycles. The van der Waals surface area contributed by atoms with E-state index in [-0.39, 0.29) is 0 Å². The third kappa shape index (κ3) is 6.21. The van der Waals surface area contributed by atoms with Crippen LogP contribution in [0, 0.1) is 11.8 Å². The van der Waals surface area contributed by atoms with Crippen molar-refractivity contribution in [3.8, 4) is 0 Å². The van der Waals surface area contributed by atoms with Crippen molar-refractivity contribution < 1.29 is 4.79 Å². The van der Waals surface area contributed by atoms with Crippen LogP contribution in [-0.4, -0.2) is 5.78 Å². The van der Waals surface area contributed by atoms with Crippen molar-refractivity contribution >= 4 is 5.78 Å². The standard InChI is InChI=1S/C14H24O.C6H7N/c15-14-11-7-3-6-10-13(14)12-8-4-1-2-5-9-12;1-2-4-6-7-5-3-1/h12-13H,1-11H2;1-7H. The average Bonchev–Trinajstić information content (AvgIpc) is 3.04. The molecule has 0 aromatic heterocycles. The number of Topliss-reactive ketones (excluding diaryl/α,β-unsaturated/α-hetero) is 1. The first kappa shape index (κ1) is 17.1. The van der Waals surface area contributed by atoms with E-state index in [2.05, 4.69) is 5.32 Å². The van der Waals surface area contributed by atoms with Crippen LogP contribution in [0.3, 0.4) is 0 Å². The fourth-order valence-corrected chi connectivity index (χ4v) is 3.80. The zero-order valence-electron chi connectivity index (χ0n) is 13.8. The second-order valence-electron chi connectivity index (χ2n) is 6.69. The van der Waals surface area contributed by atoms with Crippen molar-refractivity contribution in [1.82, 2.24) is 5.32 Å². The summed E-state index contributed by atoms with van der Waals surface area (Å²) in [6.45, 7) is 0. The van der Waals surface area contributed by atoms with Gasteiger partial charge >= 0.3 is 0 Å². The first-order chi connectivity index (χ1) is 10.9. The zero-order chi connectivity index (χ0) is 15.5. The van der Waals surface area contributed by atoms with Gasteiger partial charge in [-0.25, -0.2) is 0 Å². The number of carbonyl (C=O) groups excluding carboxylic acids is 1. The SMILES string of the molecule is C1=CC=CNC=C1.O=C1CCCCCC1C1CCCCCC1. The molecule has 1 atom stereocenters. The fourth-order valence-electron chi connectivity index (χ4n) is 3.80. The number of hydrogen-bond donors (Lipinski definition) is 1. The van der Waals surface area contributed by atoms with Crippen molar-refractivity contribution in [2.24, 2.45) is 11.8 Å². The molecule has 3 aliphatic rings. The van der Waals surface area contributed by atoms with Gasteiger partial charge < -0.3 is 5.32 Å². The predicted octanol–water partition coefficient (Wildman–Crippen LogP) is 5.28. The zero-order valence-corrected chi connectivity index (χ0v) is 13.8. The molecule has 22 heavy (non-hydrogen) atoms. The summed E-state index contributed by atoms with van der Waals surface area (Å²) in [6, 6.07) is 0. The maximum absolute atomic E-state index is 12.0. The topological polar surface area (TPSA) is 29.1 Å². The van der Waals surface area contributed by atoms with Gasteiger partial charge in [0.1, 0.15) is 5.78 Å². The second-order valence-corrected chi connectivity index (χ2v) is 6.69. The second kappa shape index (κ2) is 10.4. The van der Waals surface area contributed by atoms with Gasteiger partial charge in [0, 0.05) is 24.7 Å². The van der Waals surface area contributed by atoms with E-state index >= 15 is 0 Å². The van der Waals surface area contributed by atoms with Crippen LogP contribution in [0.5, 0.6) is 0 Å². The van der Waals surface area contributed by atoms with E-state index in [9.17, 15) is 4.79 Å². The Morgan fingerprint density at radius 3 is 2.00 bits per heavy atom.